The summed E-state index contributed by atoms with van der Waals surface area (Å²) in [4.78, 5) is 50.3. The predicted octanol–water partition coefficient (Wildman–Crippen LogP) is 0.568. The van der Waals surface area contributed by atoms with Crippen molar-refractivity contribution in [1.29, 1.82) is 0 Å². The van der Waals surface area contributed by atoms with Crippen molar-refractivity contribution in [2.24, 2.45) is 17.6 Å². The monoisotopic (exact) mass is 492 g/mol. The average Bonchev–Trinajstić information content (AvgIpc) is 2.76. The van der Waals surface area contributed by atoms with E-state index in [2.05, 4.69) is 16.0 Å². The molecule has 5 atom stereocenters. The summed E-state index contributed by atoms with van der Waals surface area (Å²) in [5.41, 5.74) is 6.44. The predicted molar refractivity (Wildman–Crippen MR) is 132 cm³/mol. The van der Waals surface area contributed by atoms with Gasteiger partial charge in [-0.25, -0.2) is 4.79 Å². The molecule has 5 unspecified atom stereocenters. The summed E-state index contributed by atoms with van der Waals surface area (Å²) in [5.74, 6) is -3.02. The number of aliphatic hydroxyl groups excluding tert-OH is 1. The van der Waals surface area contributed by atoms with Gasteiger partial charge < -0.3 is 31.9 Å². The molecular weight excluding hydrogens is 452 g/mol. The summed E-state index contributed by atoms with van der Waals surface area (Å²) in [6, 6.07) is 4.56. The van der Waals surface area contributed by atoms with E-state index in [-0.39, 0.29) is 31.1 Å². The number of hydrogen-bond donors (Lipinski definition) is 6. The second-order valence-electron chi connectivity index (χ2n) is 9.74. The summed E-state index contributed by atoms with van der Waals surface area (Å²) in [6.07, 6.45) is -0.459. The van der Waals surface area contributed by atoms with Crippen LogP contribution in [-0.4, -0.2) is 64.2 Å². The Balaban J connectivity index is 3.01. The number of benzene rings is 1. The molecule has 0 aliphatic carbocycles. The number of nitrogens with two attached hydrogens (primary N) is 1. The van der Waals surface area contributed by atoms with E-state index in [1.165, 1.54) is 6.92 Å². The maximum absolute atomic E-state index is 13.1. The molecule has 0 radical (unpaired) electrons. The molecule has 0 bridgehead atoms. The van der Waals surface area contributed by atoms with Gasteiger partial charge in [0.05, 0.1) is 6.10 Å². The molecular formula is C25H40N4O6. The summed E-state index contributed by atoms with van der Waals surface area (Å²) in [6.45, 7) is 8.88. The van der Waals surface area contributed by atoms with E-state index < -0.39 is 54.0 Å². The van der Waals surface area contributed by atoms with E-state index in [0.29, 0.717) is 0 Å². The van der Waals surface area contributed by atoms with Gasteiger partial charge in [-0.2, -0.15) is 0 Å². The van der Waals surface area contributed by atoms with Crippen molar-refractivity contribution < 1.29 is 29.4 Å². The van der Waals surface area contributed by atoms with Gasteiger partial charge in [-0.3, -0.25) is 14.4 Å². The maximum Gasteiger partial charge on any atom is 0.326 e. The maximum atomic E-state index is 13.1. The molecule has 0 fully saturated rings. The third kappa shape index (κ3) is 10.9. The Morgan fingerprint density at radius 3 is 1.60 bits per heavy atom. The van der Waals surface area contributed by atoms with Gasteiger partial charge in [0.25, 0.3) is 0 Å². The molecule has 0 aromatic heterocycles. The third-order valence-electron chi connectivity index (χ3n) is 5.40. The Labute approximate surface area is 207 Å². The largest absolute Gasteiger partial charge is 0.480 e. The van der Waals surface area contributed by atoms with Gasteiger partial charge in [0, 0.05) is 6.42 Å². The second-order valence-corrected chi connectivity index (χ2v) is 9.74. The third-order valence-corrected chi connectivity index (χ3v) is 5.40. The second kappa shape index (κ2) is 14.4. The minimum Gasteiger partial charge on any atom is -0.480 e. The highest BCUT2D eigenvalue weighted by atomic mass is 16.4. The van der Waals surface area contributed by atoms with E-state index >= 15 is 0 Å². The minimum atomic E-state index is -1.21. The van der Waals surface area contributed by atoms with E-state index in [0.717, 1.165) is 5.56 Å². The fourth-order valence-corrected chi connectivity index (χ4v) is 3.49. The highest BCUT2D eigenvalue weighted by Crippen LogP contribution is 2.11. The lowest BCUT2D eigenvalue weighted by Gasteiger charge is -2.27. The van der Waals surface area contributed by atoms with Gasteiger partial charge in [-0.15, -0.1) is 0 Å². The molecule has 0 aliphatic rings. The Bertz CT molecular complexity index is 844. The topological polar surface area (TPSA) is 171 Å². The smallest absolute Gasteiger partial charge is 0.326 e. The van der Waals surface area contributed by atoms with Crippen molar-refractivity contribution in [3.63, 3.8) is 0 Å². The number of hydrogen-bond acceptors (Lipinski definition) is 6. The number of rotatable bonds is 14. The van der Waals surface area contributed by atoms with Crippen LogP contribution in [0.5, 0.6) is 0 Å². The lowest BCUT2D eigenvalue weighted by molar-refractivity contribution is -0.142. The van der Waals surface area contributed by atoms with Crippen molar-refractivity contribution in [2.45, 2.75) is 84.2 Å². The zero-order valence-corrected chi connectivity index (χ0v) is 21.2. The summed E-state index contributed by atoms with van der Waals surface area (Å²) in [7, 11) is 0. The van der Waals surface area contributed by atoms with Crippen LogP contribution in [0.1, 0.15) is 53.0 Å². The summed E-state index contributed by atoms with van der Waals surface area (Å²) in [5, 5.41) is 27.0. The van der Waals surface area contributed by atoms with Crippen molar-refractivity contribution in [3.8, 4) is 0 Å². The molecule has 7 N–H and O–H groups in total. The molecule has 0 heterocycles. The van der Waals surface area contributed by atoms with E-state index in [1.807, 2.05) is 33.8 Å². The van der Waals surface area contributed by atoms with Crippen LogP contribution in [0, 0.1) is 11.8 Å². The van der Waals surface area contributed by atoms with Crippen LogP contribution < -0.4 is 21.7 Å². The van der Waals surface area contributed by atoms with Crippen molar-refractivity contribution >= 4 is 23.7 Å². The minimum absolute atomic E-state index is 0.0188. The molecule has 10 heteroatoms. The molecule has 0 saturated carbocycles. The van der Waals surface area contributed by atoms with Crippen LogP contribution in [0.25, 0.3) is 0 Å². The van der Waals surface area contributed by atoms with Gasteiger partial charge in [-0.1, -0.05) is 58.0 Å². The normalized spacial score (nSPS) is 15.6. The van der Waals surface area contributed by atoms with Crippen LogP contribution in [0.2, 0.25) is 0 Å². The standard InChI is InChI=1S/C25H40N4O6/c1-14(2)11-18(23(32)29-20(25(34)35)13-17-9-7-6-8-10-17)27-22(31)19(12-15(3)4)28-24(33)21(26)16(5)30/h6-10,14-16,18-21,30H,11-13,26H2,1-5H3,(H,27,31)(H,28,33)(H,29,32)(H,34,35). The molecule has 10 nitrogen and oxygen atoms in total. The number of aliphatic carboxylic acids is 1. The fraction of sp³-hybridized carbons (Fsp3) is 0.600. The number of nitrogens with one attached hydrogen (secondary N) is 3. The molecule has 1 rings (SSSR count). The van der Waals surface area contributed by atoms with Gasteiger partial charge in [-0.05, 0) is 37.2 Å². The molecule has 1 aromatic carbocycles. The molecule has 0 spiro atoms. The first-order chi connectivity index (χ1) is 16.3. The molecule has 196 valence electrons. The number of carbonyl (C=O) groups is 4. The van der Waals surface area contributed by atoms with Crippen LogP contribution >= 0.6 is 0 Å². The molecule has 1 aromatic rings. The van der Waals surface area contributed by atoms with Gasteiger partial charge in [0.1, 0.15) is 24.2 Å². The van der Waals surface area contributed by atoms with Crippen LogP contribution in [0.3, 0.4) is 0 Å². The summed E-state index contributed by atoms with van der Waals surface area (Å²) >= 11 is 0. The van der Waals surface area contributed by atoms with Gasteiger partial charge >= 0.3 is 5.97 Å². The Morgan fingerprint density at radius 2 is 1.20 bits per heavy atom. The first-order valence-electron chi connectivity index (χ1n) is 11.9. The Kier molecular flexibility index (Phi) is 12.4. The first-order valence-corrected chi connectivity index (χ1v) is 11.9. The Hall–Kier alpha value is -2.98. The van der Waals surface area contributed by atoms with Crippen LogP contribution in [0.4, 0.5) is 0 Å². The average molecular weight is 493 g/mol. The first kappa shape index (κ1) is 30.1. The number of amides is 3. The number of carboxylic acid groups (broad SMARTS) is 1. The fourth-order valence-electron chi connectivity index (χ4n) is 3.49. The zero-order valence-electron chi connectivity index (χ0n) is 21.2. The van der Waals surface area contributed by atoms with E-state index in [9.17, 15) is 29.4 Å². The van der Waals surface area contributed by atoms with Crippen molar-refractivity contribution in [3.05, 3.63) is 35.9 Å². The van der Waals surface area contributed by atoms with E-state index in [4.69, 9.17) is 5.73 Å². The number of carboxylic acids is 1. The van der Waals surface area contributed by atoms with Crippen molar-refractivity contribution in [2.75, 3.05) is 0 Å². The number of carbonyl (C=O) groups excluding carboxylic acids is 3. The highest BCUT2D eigenvalue weighted by molar-refractivity contribution is 5.94. The van der Waals surface area contributed by atoms with Crippen molar-refractivity contribution in [1.82, 2.24) is 16.0 Å². The zero-order chi connectivity index (χ0) is 26.7. The molecule has 35 heavy (non-hydrogen) atoms. The van der Waals surface area contributed by atoms with Crippen LogP contribution in [-0.2, 0) is 25.6 Å². The highest BCUT2D eigenvalue weighted by Gasteiger charge is 2.31. The SMILES string of the molecule is CC(C)CC(NC(=O)C(CC(C)C)NC(=O)C(N)C(C)O)C(=O)NC(Cc1ccccc1)C(=O)O. The molecule has 0 saturated heterocycles. The quantitative estimate of drug-likeness (QED) is 0.220. The number of aliphatic hydroxyl groups is 1. The van der Waals surface area contributed by atoms with Gasteiger partial charge in [0.2, 0.25) is 17.7 Å². The molecule has 0 aliphatic heterocycles. The Morgan fingerprint density at radius 1 is 0.771 bits per heavy atom. The summed E-state index contributed by atoms with van der Waals surface area (Å²) < 4.78 is 0. The lowest BCUT2D eigenvalue weighted by atomic mass is 9.99. The van der Waals surface area contributed by atoms with E-state index in [1.54, 1.807) is 24.3 Å². The lowest BCUT2D eigenvalue weighted by Crippen LogP contribution is -2.58. The molecule has 3 amide bonds. The van der Waals surface area contributed by atoms with Crippen LogP contribution in [0.15, 0.2) is 30.3 Å². The van der Waals surface area contributed by atoms with Gasteiger partial charge in [0.15, 0.2) is 0 Å².